The lowest BCUT2D eigenvalue weighted by Crippen LogP contribution is -2.44. The van der Waals surface area contributed by atoms with Gasteiger partial charge in [-0.05, 0) is 91.9 Å². The second-order valence-corrected chi connectivity index (χ2v) is 11.1. The van der Waals surface area contributed by atoms with Crippen molar-refractivity contribution >= 4 is 17.6 Å². The van der Waals surface area contributed by atoms with Crippen molar-refractivity contribution in [2.45, 2.75) is 44.1 Å². The molecule has 2 atom stereocenters. The molecule has 9 heteroatoms. The topological polar surface area (TPSA) is 124 Å². The average molecular weight is 598 g/mol. The van der Waals surface area contributed by atoms with Crippen LogP contribution in [0, 0.1) is 11.7 Å². The van der Waals surface area contributed by atoms with Gasteiger partial charge in [-0.3, -0.25) is 19.0 Å². The highest BCUT2D eigenvalue weighted by atomic mass is 19.1. The number of nitrogens with zero attached hydrogens (tertiary/aromatic N) is 1. The Balaban J connectivity index is 1.20. The number of carbonyl (C=O) groups is 2. The third-order valence-corrected chi connectivity index (χ3v) is 8.25. The Morgan fingerprint density at radius 3 is 2.30 bits per heavy atom. The number of hydrogen-bond acceptors (Lipinski definition) is 6. The summed E-state index contributed by atoms with van der Waals surface area (Å²) >= 11 is 0. The van der Waals surface area contributed by atoms with Crippen molar-refractivity contribution in [1.82, 2.24) is 9.88 Å². The molecule has 5 rings (SSSR count). The van der Waals surface area contributed by atoms with E-state index in [9.17, 15) is 23.9 Å². The molecule has 0 amide bonds. The molecule has 3 aromatic carbocycles. The number of pyridine rings is 1. The van der Waals surface area contributed by atoms with E-state index in [1.165, 1.54) is 41.0 Å². The number of aromatic nitrogens is 1. The van der Waals surface area contributed by atoms with Crippen LogP contribution in [0.15, 0.2) is 95.8 Å². The molecule has 1 aliphatic rings. The molecule has 228 valence electrons. The number of nitrogens with one attached hydrogen (secondary N) is 1. The predicted molar refractivity (Wildman–Crippen MR) is 167 cm³/mol. The second kappa shape index (κ2) is 14.1. The number of halogens is 1. The van der Waals surface area contributed by atoms with Crippen LogP contribution in [0.2, 0.25) is 0 Å². The summed E-state index contributed by atoms with van der Waals surface area (Å²) in [4.78, 5) is 38.0. The maximum absolute atomic E-state index is 13.3. The zero-order valence-corrected chi connectivity index (χ0v) is 24.3. The van der Waals surface area contributed by atoms with Crippen molar-refractivity contribution in [3.8, 4) is 11.4 Å². The van der Waals surface area contributed by atoms with Crippen molar-refractivity contribution in [3.05, 3.63) is 124 Å². The molecule has 1 aromatic heterocycles. The number of rotatable bonds is 13. The summed E-state index contributed by atoms with van der Waals surface area (Å²) in [6.45, 7) is 0.841. The number of ether oxygens (including phenoxy) is 1. The van der Waals surface area contributed by atoms with Crippen LogP contribution in [0.4, 0.5) is 10.2 Å². The quantitative estimate of drug-likeness (QED) is 0.136. The molecule has 4 aromatic rings. The summed E-state index contributed by atoms with van der Waals surface area (Å²) in [5, 5.41) is 13.4. The number of hydrogen-bond donors (Lipinski definition) is 3. The fraction of sp³-hybridized carbons (Fsp3) is 0.286. The maximum atomic E-state index is 13.3. The standard InChI is InChI=1S/C35H36FN3O5/c36-26-13-11-25(12-14-26)33(41)29-19-20-30(40)39(34(29)37)27-15-17-28(18-16-27)44-22-6-21-38-32(35(42)43)31(24-9-4-5-10-24)23-7-2-1-3-8-23/h1-3,7-8,11-20,24,31-32,38H,4-6,9-10,21-22,37H2,(H,42,43). The molecule has 0 spiro atoms. The zero-order chi connectivity index (χ0) is 31.1. The first-order valence-corrected chi connectivity index (χ1v) is 14.9. The average Bonchev–Trinajstić information content (AvgIpc) is 3.56. The van der Waals surface area contributed by atoms with Crippen molar-refractivity contribution in [2.24, 2.45) is 5.92 Å². The van der Waals surface area contributed by atoms with Crippen LogP contribution in [0.1, 0.15) is 59.5 Å². The first kappa shape index (κ1) is 30.7. The zero-order valence-electron chi connectivity index (χ0n) is 24.3. The number of carboxylic acid groups (broad SMARTS) is 1. The summed E-state index contributed by atoms with van der Waals surface area (Å²) in [5.41, 5.74) is 7.76. The van der Waals surface area contributed by atoms with Gasteiger partial charge in [0.1, 0.15) is 23.4 Å². The summed E-state index contributed by atoms with van der Waals surface area (Å²) < 4.78 is 20.4. The van der Waals surface area contributed by atoms with E-state index in [1.54, 1.807) is 24.3 Å². The Morgan fingerprint density at radius 2 is 1.64 bits per heavy atom. The number of benzene rings is 3. The van der Waals surface area contributed by atoms with Gasteiger partial charge in [0.05, 0.1) is 17.9 Å². The molecule has 1 saturated carbocycles. The number of nitrogen functional groups attached to an aromatic ring is 1. The van der Waals surface area contributed by atoms with Gasteiger partial charge in [0.15, 0.2) is 5.78 Å². The maximum Gasteiger partial charge on any atom is 0.321 e. The molecule has 0 saturated heterocycles. The molecule has 8 nitrogen and oxygen atoms in total. The fourth-order valence-corrected chi connectivity index (χ4v) is 6.08. The largest absolute Gasteiger partial charge is 0.494 e. The van der Waals surface area contributed by atoms with Gasteiger partial charge in [0, 0.05) is 17.5 Å². The van der Waals surface area contributed by atoms with Crippen molar-refractivity contribution in [3.63, 3.8) is 0 Å². The van der Waals surface area contributed by atoms with Gasteiger partial charge in [-0.25, -0.2) is 4.39 Å². The number of carboxylic acids is 1. The normalized spacial score (nSPS) is 14.7. The third-order valence-electron chi connectivity index (χ3n) is 8.25. The summed E-state index contributed by atoms with van der Waals surface area (Å²) in [5.74, 6) is -0.936. The number of anilines is 1. The fourth-order valence-electron chi connectivity index (χ4n) is 6.08. The lowest BCUT2D eigenvalue weighted by molar-refractivity contribution is -0.140. The van der Waals surface area contributed by atoms with E-state index in [4.69, 9.17) is 10.5 Å². The van der Waals surface area contributed by atoms with E-state index in [0.717, 1.165) is 31.2 Å². The van der Waals surface area contributed by atoms with E-state index in [-0.39, 0.29) is 22.9 Å². The summed E-state index contributed by atoms with van der Waals surface area (Å²) in [7, 11) is 0. The molecular formula is C35H36FN3O5. The molecule has 1 fully saturated rings. The van der Waals surface area contributed by atoms with E-state index >= 15 is 0 Å². The Labute approximate surface area is 255 Å². The predicted octanol–water partition coefficient (Wildman–Crippen LogP) is 5.58. The molecule has 1 aliphatic carbocycles. The van der Waals surface area contributed by atoms with Crippen LogP contribution in [-0.2, 0) is 4.79 Å². The van der Waals surface area contributed by atoms with E-state index in [0.29, 0.717) is 36.9 Å². The minimum atomic E-state index is -0.847. The van der Waals surface area contributed by atoms with Crippen molar-refractivity contribution in [1.29, 1.82) is 0 Å². The number of carbonyl (C=O) groups excluding carboxylic acids is 1. The van der Waals surface area contributed by atoms with Crippen LogP contribution in [0.5, 0.6) is 5.75 Å². The molecule has 0 radical (unpaired) electrons. The van der Waals surface area contributed by atoms with Crippen LogP contribution in [-0.4, -0.2) is 40.6 Å². The molecule has 0 bridgehead atoms. The minimum Gasteiger partial charge on any atom is -0.494 e. The lowest BCUT2D eigenvalue weighted by atomic mass is 9.79. The molecule has 2 unspecified atom stereocenters. The van der Waals surface area contributed by atoms with Gasteiger partial charge in [0.25, 0.3) is 5.56 Å². The third kappa shape index (κ3) is 7.06. The van der Waals surface area contributed by atoms with Crippen LogP contribution < -0.4 is 21.3 Å². The molecule has 1 heterocycles. The first-order chi connectivity index (χ1) is 21.3. The molecular weight excluding hydrogens is 561 g/mol. The molecule has 0 aliphatic heterocycles. The minimum absolute atomic E-state index is 0.0223. The Kier molecular flexibility index (Phi) is 9.86. The Bertz CT molecular complexity index is 1630. The van der Waals surface area contributed by atoms with Gasteiger partial charge in [-0.2, -0.15) is 0 Å². The SMILES string of the molecule is Nc1c(C(=O)c2ccc(F)cc2)ccc(=O)n1-c1ccc(OCCCNC(C(=O)O)C(c2ccccc2)C2CCCC2)cc1. The first-order valence-electron chi connectivity index (χ1n) is 14.9. The number of ketones is 1. The Hall–Kier alpha value is -4.76. The van der Waals surface area contributed by atoms with Gasteiger partial charge in [0.2, 0.25) is 0 Å². The van der Waals surface area contributed by atoms with Crippen molar-refractivity contribution in [2.75, 3.05) is 18.9 Å². The van der Waals surface area contributed by atoms with Crippen LogP contribution in [0.25, 0.3) is 5.69 Å². The highest BCUT2D eigenvalue weighted by molar-refractivity contribution is 6.11. The van der Waals surface area contributed by atoms with Gasteiger partial charge in [-0.15, -0.1) is 0 Å². The van der Waals surface area contributed by atoms with Gasteiger partial charge in [-0.1, -0.05) is 43.2 Å². The van der Waals surface area contributed by atoms with Crippen LogP contribution in [0.3, 0.4) is 0 Å². The molecule has 44 heavy (non-hydrogen) atoms. The summed E-state index contributed by atoms with van der Waals surface area (Å²) in [6.07, 6.45) is 4.94. The van der Waals surface area contributed by atoms with Crippen LogP contribution >= 0.6 is 0 Å². The lowest BCUT2D eigenvalue weighted by Gasteiger charge is -2.30. The monoisotopic (exact) mass is 597 g/mol. The van der Waals surface area contributed by atoms with E-state index in [2.05, 4.69) is 5.32 Å². The van der Waals surface area contributed by atoms with E-state index in [1.807, 2.05) is 30.3 Å². The molecule has 4 N–H and O–H groups in total. The highest BCUT2D eigenvalue weighted by Gasteiger charge is 2.36. The highest BCUT2D eigenvalue weighted by Crippen LogP contribution is 2.39. The number of nitrogens with two attached hydrogens (primary N) is 1. The summed E-state index contributed by atoms with van der Waals surface area (Å²) in [6, 6.07) is 23.7. The Morgan fingerprint density at radius 1 is 0.955 bits per heavy atom. The van der Waals surface area contributed by atoms with Gasteiger partial charge >= 0.3 is 5.97 Å². The van der Waals surface area contributed by atoms with Crippen molar-refractivity contribution < 1.29 is 23.8 Å². The van der Waals surface area contributed by atoms with Gasteiger partial charge < -0.3 is 20.9 Å². The second-order valence-electron chi connectivity index (χ2n) is 11.1. The number of aliphatic carboxylic acids is 1. The van der Waals surface area contributed by atoms with E-state index < -0.39 is 29.2 Å². The smallest absolute Gasteiger partial charge is 0.321 e.